The molecular weight excluding hydrogens is 314 g/mol. The van der Waals surface area contributed by atoms with Gasteiger partial charge in [-0.05, 0) is 25.1 Å². The van der Waals surface area contributed by atoms with Crippen LogP contribution in [0, 0.1) is 5.92 Å². The van der Waals surface area contributed by atoms with Gasteiger partial charge < -0.3 is 10.0 Å². The van der Waals surface area contributed by atoms with E-state index in [0.29, 0.717) is 11.3 Å². The van der Waals surface area contributed by atoms with Crippen molar-refractivity contribution in [3.63, 3.8) is 0 Å². The standard InChI is InChI=1S/C13H12BrNO4/c1-7(16)10-5-9(14)2-3-11(10)15-6-8(13(18)19)4-12(15)17/h2-3,5,8H,4,6H2,1H3,(H,18,19). The Kier molecular flexibility index (Phi) is 3.71. The summed E-state index contributed by atoms with van der Waals surface area (Å²) in [6.07, 6.45) is -0.0251. The van der Waals surface area contributed by atoms with Crippen molar-refractivity contribution in [3.8, 4) is 0 Å². The lowest BCUT2D eigenvalue weighted by molar-refractivity contribution is -0.141. The summed E-state index contributed by atoms with van der Waals surface area (Å²) >= 11 is 3.27. The lowest BCUT2D eigenvalue weighted by Gasteiger charge is -2.19. The SMILES string of the molecule is CC(=O)c1cc(Br)ccc1N1CC(C(=O)O)CC1=O. The molecule has 2 rings (SSSR count). The summed E-state index contributed by atoms with van der Waals surface area (Å²) in [5.74, 6) is -2.13. The minimum atomic E-state index is -0.989. The van der Waals surface area contributed by atoms with Gasteiger partial charge in [-0.15, -0.1) is 0 Å². The number of nitrogens with zero attached hydrogens (tertiary/aromatic N) is 1. The number of benzene rings is 1. The second-order valence-electron chi connectivity index (χ2n) is 4.46. The van der Waals surface area contributed by atoms with Gasteiger partial charge in [0.05, 0.1) is 11.6 Å². The Hall–Kier alpha value is -1.69. The van der Waals surface area contributed by atoms with Crippen molar-refractivity contribution in [2.24, 2.45) is 5.92 Å². The number of ketones is 1. The number of rotatable bonds is 3. The number of amides is 1. The second kappa shape index (κ2) is 5.13. The molecule has 1 N–H and O–H groups in total. The monoisotopic (exact) mass is 325 g/mol. The molecule has 1 aliphatic rings. The highest BCUT2D eigenvalue weighted by Crippen LogP contribution is 2.30. The fourth-order valence-corrected chi connectivity index (χ4v) is 2.49. The molecule has 0 spiro atoms. The third-order valence-corrected chi connectivity index (χ3v) is 3.60. The molecule has 1 heterocycles. The number of Topliss-reactive ketones (excluding diaryl/α,β-unsaturated/α-hetero) is 1. The first-order valence-electron chi connectivity index (χ1n) is 5.74. The van der Waals surface area contributed by atoms with Crippen molar-refractivity contribution in [3.05, 3.63) is 28.2 Å². The summed E-state index contributed by atoms with van der Waals surface area (Å²) in [5, 5.41) is 8.96. The van der Waals surface area contributed by atoms with Crippen molar-refractivity contribution in [2.75, 3.05) is 11.4 Å². The molecule has 1 saturated heterocycles. The second-order valence-corrected chi connectivity index (χ2v) is 5.38. The molecular formula is C13H12BrNO4. The molecule has 1 unspecified atom stereocenters. The first-order valence-corrected chi connectivity index (χ1v) is 6.53. The summed E-state index contributed by atoms with van der Waals surface area (Å²) in [6, 6.07) is 5.02. The largest absolute Gasteiger partial charge is 0.481 e. The maximum absolute atomic E-state index is 11.9. The van der Waals surface area contributed by atoms with Crippen LogP contribution in [0.1, 0.15) is 23.7 Å². The highest BCUT2D eigenvalue weighted by atomic mass is 79.9. The van der Waals surface area contributed by atoms with Crippen LogP contribution in [0.5, 0.6) is 0 Å². The van der Waals surface area contributed by atoms with E-state index in [1.165, 1.54) is 11.8 Å². The van der Waals surface area contributed by atoms with Gasteiger partial charge in [-0.1, -0.05) is 15.9 Å². The predicted octanol–water partition coefficient (Wildman–Crippen LogP) is 2.09. The molecule has 1 atom stereocenters. The van der Waals surface area contributed by atoms with Crippen LogP contribution < -0.4 is 4.90 Å². The molecule has 0 aromatic heterocycles. The molecule has 1 fully saturated rings. The first kappa shape index (κ1) is 13.7. The Morgan fingerprint density at radius 3 is 2.63 bits per heavy atom. The number of halogens is 1. The van der Waals surface area contributed by atoms with E-state index < -0.39 is 11.9 Å². The maximum atomic E-state index is 11.9. The van der Waals surface area contributed by atoms with Gasteiger partial charge in [0, 0.05) is 23.0 Å². The van der Waals surface area contributed by atoms with Gasteiger partial charge in [0.15, 0.2) is 5.78 Å². The van der Waals surface area contributed by atoms with Crippen LogP contribution in [-0.2, 0) is 9.59 Å². The summed E-state index contributed by atoms with van der Waals surface area (Å²) in [6.45, 7) is 1.52. The summed E-state index contributed by atoms with van der Waals surface area (Å²) in [4.78, 5) is 35.8. The van der Waals surface area contributed by atoms with Crippen LogP contribution in [0.2, 0.25) is 0 Å². The highest BCUT2D eigenvalue weighted by molar-refractivity contribution is 9.10. The number of carbonyl (C=O) groups is 3. The van der Waals surface area contributed by atoms with Gasteiger partial charge in [0.1, 0.15) is 0 Å². The van der Waals surface area contributed by atoms with E-state index in [1.54, 1.807) is 18.2 Å². The third kappa shape index (κ3) is 2.68. The Labute approximate surface area is 118 Å². The minimum absolute atomic E-state index is 0.0251. The lowest BCUT2D eigenvalue weighted by atomic mass is 10.1. The van der Waals surface area contributed by atoms with Gasteiger partial charge in [0.25, 0.3) is 0 Å². The van der Waals surface area contributed by atoms with Gasteiger partial charge in [-0.3, -0.25) is 14.4 Å². The predicted molar refractivity (Wildman–Crippen MR) is 72.2 cm³/mol. The van der Waals surface area contributed by atoms with Crippen LogP contribution in [0.25, 0.3) is 0 Å². The maximum Gasteiger partial charge on any atom is 0.308 e. The van der Waals surface area contributed by atoms with Crippen molar-refractivity contribution in [2.45, 2.75) is 13.3 Å². The zero-order valence-electron chi connectivity index (χ0n) is 10.2. The van der Waals surface area contributed by atoms with Crippen LogP contribution in [0.4, 0.5) is 5.69 Å². The van der Waals surface area contributed by atoms with Crippen molar-refractivity contribution < 1.29 is 19.5 Å². The van der Waals surface area contributed by atoms with Crippen molar-refractivity contribution in [1.29, 1.82) is 0 Å². The summed E-state index contributed by atoms with van der Waals surface area (Å²) in [7, 11) is 0. The number of carboxylic acid groups (broad SMARTS) is 1. The van der Waals surface area contributed by atoms with Gasteiger partial charge >= 0.3 is 5.97 Å². The van der Waals surface area contributed by atoms with E-state index in [2.05, 4.69) is 15.9 Å². The molecule has 5 nitrogen and oxygen atoms in total. The fourth-order valence-electron chi connectivity index (χ4n) is 2.13. The van der Waals surface area contributed by atoms with Crippen LogP contribution in [-0.4, -0.2) is 29.3 Å². The average Bonchev–Trinajstić information content (AvgIpc) is 2.71. The van der Waals surface area contributed by atoms with Crippen LogP contribution in [0.3, 0.4) is 0 Å². The van der Waals surface area contributed by atoms with Gasteiger partial charge in [-0.2, -0.15) is 0 Å². The number of anilines is 1. The lowest BCUT2D eigenvalue weighted by Crippen LogP contribution is -2.27. The third-order valence-electron chi connectivity index (χ3n) is 3.10. The van der Waals surface area contributed by atoms with E-state index in [4.69, 9.17) is 5.11 Å². The molecule has 0 saturated carbocycles. The van der Waals surface area contributed by atoms with E-state index in [0.717, 1.165) is 4.47 Å². The number of carbonyl (C=O) groups excluding carboxylic acids is 2. The average molecular weight is 326 g/mol. The Balaban J connectivity index is 2.40. The van der Waals surface area contributed by atoms with E-state index in [-0.39, 0.29) is 24.7 Å². The topological polar surface area (TPSA) is 74.7 Å². The van der Waals surface area contributed by atoms with Crippen molar-refractivity contribution >= 4 is 39.3 Å². The molecule has 19 heavy (non-hydrogen) atoms. The van der Waals surface area contributed by atoms with E-state index in [9.17, 15) is 14.4 Å². The number of aliphatic carboxylic acids is 1. The zero-order valence-corrected chi connectivity index (χ0v) is 11.8. The first-order chi connectivity index (χ1) is 8.90. The molecule has 100 valence electrons. The van der Waals surface area contributed by atoms with E-state index in [1.807, 2.05) is 0 Å². The number of hydrogen-bond donors (Lipinski definition) is 1. The van der Waals surface area contributed by atoms with Crippen molar-refractivity contribution in [1.82, 2.24) is 0 Å². The molecule has 6 heteroatoms. The molecule has 0 aliphatic carbocycles. The Morgan fingerprint density at radius 2 is 2.11 bits per heavy atom. The molecule has 1 aromatic carbocycles. The Bertz CT molecular complexity index is 570. The molecule has 1 aliphatic heterocycles. The quantitative estimate of drug-likeness (QED) is 0.863. The highest BCUT2D eigenvalue weighted by Gasteiger charge is 2.36. The molecule has 0 bridgehead atoms. The molecule has 1 amide bonds. The summed E-state index contributed by atoms with van der Waals surface area (Å²) < 4.78 is 0.739. The van der Waals surface area contributed by atoms with E-state index >= 15 is 0 Å². The van der Waals surface area contributed by atoms with Gasteiger partial charge in [0.2, 0.25) is 5.91 Å². The van der Waals surface area contributed by atoms with Crippen LogP contribution >= 0.6 is 15.9 Å². The van der Waals surface area contributed by atoms with Crippen LogP contribution in [0.15, 0.2) is 22.7 Å². The number of carboxylic acids is 1. The van der Waals surface area contributed by atoms with Gasteiger partial charge in [-0.25, -0.2) is 0 Å². The smallest absolute Gasteiger partial charge is 0.308 e. The zero-order chi connectivity index (χ0) is 14.2. The fraction of sp³-hybridized carbons (Fsp3) is 0.308. The summed E-state index contributed by atoms with van der Waals surface area (Å²) in [5.41, 5.74) is 0.887. The Morgan fingerprint density at radius 1 is 1.42 bits per heavy atom. The molecule has 1 aromatic rings. The molecule has 0 radical (unpaired) electrons. The normalized spacial score (nSPS) is 18.7. The minimum Gasteiger partial charge on any atom is -0.481 e. The number of hydrogen-bond acceptors (Lipinski definition) is 3.